The molecule has 2 aromatic heterocycles. The Labute approximate surface area is 190 Å². The van der Waals surface area contributed by atoms with Crippen LogP contribution in [0.15, 0.2) is 36.7 Å². The smallest absolute Gasteiger partial charge is 0.255 e. The van der Waals surface area contributed by atoms with E-state index in [1.807, 2.05) is 6.07 Å². The number of aromatic nitrogens is 2. The predicted molar refractivity (Wildman–Crippen MR) is 121 cm³/mol. The largest absolute Gasteiger partial charge is 0.488 e. The summed E-state index contributed by atoms with van der Waals surface area (Å²) in [5.41, 5.74) is 4.38. The Morgan fingerprint density at radius 1 is 1.30 bits per heavy atom. The van der Waals surface area contributed by atoms with Gasteiger partial charge in [0.2, 0.25) is 0 Å². The minimum atomic E-state index is -0.321. The van der Waals surface area contributed by atoms with Crippen LogP contribution in [0.2, 0.25) is 0 Å². The van der Waals surface area contributed by atoms with Gasteiger partial charge in [-0.05, 0) is 25.1 Å². The van der Waals surface area contributed by atoms with Gasteiger partial charge in [-0.1, -0.05) is 6.07 Å². The number of nitrogens with one attached hydrogen (secondary N) is 3. The number of hydrogen-bond donors (Lipinski definition) is 3. The molecule has 0 radical (unpaired) electrons. The number of hydrogen-bond acceptors (Lipinski definition) is 6. The number of aromatic amines is 1. The summed E-state index contributed by atoms with van der Waals surface area (Å²) in [7, 11) is 0. The lowest BCUT2D eigenvalue weighted by Crippen LogP contribution is -2.33. The molecule has 0 aliphatic carbocycles. The van der Waals surface area contributed by atoms with Gasteiger partial charge in [-0.3, -0.25) is 9.78 Å². The third-order valence-corrected chi connectivity index (χ3v) is 5.86. The van der Waals surface area contributed by atoms with Gasteiger partial charge in [0, 0.05) is 41.7 Å². The topological polar surface area (TPSA) is 97.5 Å². The Kier molecular flexibility index (Phi) is 5.97. The average Bonchev–Trinajstić information content (AvgIpc) is 3.21. The number of nitrogens with zero attached hydrogens (tertiary/aromatic N) is 1. The average molecular weight is 452 g/mol. The van der Waals surface area contributed by atoms with Crippen LogP contribution in [-0.4, -0.2) is 55.0 Å². The monoisotopic (exact) mass is 452 g/mol. The zero-order valence-electron chi connectivity index (χ0n) is 18.2. The molecule has 4 heterocycles. The Morgan fingerprint density at radius 2 is 2.21 bits per heavy atom. The van der Waals surface area contributed by atoms with E-state index >= 15 is 0 Å². The second-order valence-electron chi connectivity index (χ2n) is 8.02. The summed E-state index contributed by atoms with van der Waals surface area (Å²) in [4.78, 5) is 20.4. The van der Waals surface area contributed by atoms with E-state index in [0.717, 1.165) is 11.3 Å². The quantitative estimate of drug-likeness (QED) is 0.531. The van der Waals surface area contributed by atoms with Crippen molar-refractivity contribution in [2.75, 3.05) is 38.3 Å². The van der Waals surface area contributed by atoms with E-state index in [2.05, 4.69) is 20.6 Å². The lowest BCUT2D eigenvalue weighted by molar-refractivity contribution is -0.101. The summed E-state index contributed by atoms with van der Waals surface area (Å²) in [5.74, 6) is 0.0438. The maximum Gasteiger partial charge on any atom is 0.255 e. The van der Waals surface area contributed by atoms with Crippen LogP contribution < -0.4 is 15.4 Å². The van der Waals surface area contributed by atoms with Crippen LogP contribution in [0.25, 0.3) is 11.3 Å². The molecule has 33 heavy (non-hydrogen) atoms. The molecule has 9 heteroatoms. The van der Waals surface area contributed by atoms with Crippen LogP contribution >= 0.6 is 0 Å². The highest BCUT2D eigenvalue weighted by molar-refractivity contribution is 6.06. The molecular weight excluding hydrogens is 427 g/mol. The second kappa shape index (κ2) is 9.21. The van der Waals surface area contributed by atoms with Gasteiger partial charge in [-0.15, -0.1) is 0 Å². The molecule has 1 aromatic carbocycles. The van der Waals surface area contributed by atoms with E-state index in [4.69, 9.17) is 14.2 Å². The van der Waals surface area contributed by atoms with Gasteiger partial charge < -0.3 is 29.8 Å². The Hall–Kier alpha value is -3.43. The number of fused-ring (bicyclic) bond motifs is 1. The molecule has 2 aliphatic rings. The number of rotatable bonds is 6. The Balaban J connectivity index is 1.54. The highest BCUT2D eigenvalue weighted by atomic mass is 19.1. The third kappa shape index (κ3) is 4.29. The van der Waals surface area contributed by atoms with E-state index in [9.17, 15) is 9.18 Å². The third-order valence-electron chi connectivity index (χ3n) is 5.86. The van der Waals surface area contributed by atoms with Gasteiger partial charge in [-0.2, -0.15) is 0 Å². The first-order valence-corrected chi connectivity index (χ1v) is 10.9. The van der Waals surface area contributed by atoms with Crippen molar-refractivity contribution < 1.29 is 23.4 Å². The van der Waals surface area contributed by atoms with Gasteiger partial charge in [0.1, 0.15) is 24.3 Å². The molecule has 1 amide bonds. The zero-order valence-corrected chi connectivity index (χ0v) is 18.2. The van der Waals surface area contributed by atoms with Crippen molar-refractivity contribution >= 4 is 17.3 Å². The maximum atomic E-state index is 14.2. The van der Waals surface area contributed by atoms with Gasteiger partial charge in [0.25, 0.3) is 5.91 Å². The number of carbonyl (C=O) groups is 1. The van der Waals surface area contributed by atoms with Crippen LogP contribution in [0.5, 0.6) is 5.75 Å². The minimum absolute atomic E-state index is 0.165. The van der Waals surface area contributed by atoms with Gasteiger partial charge in [0.15, 0.2) is 0 Å². The molecule has 1 fully saturated rings. The van der Waals surface area contributed by atoms with Crippen molar-refractivity contribution in [1.82, 2.24) is 15.3 Å². The van der Waals surface area contributed by atoms with E-state index in [1.54, 1.807) is 31.5 Å². The van der Waals surface area contributed by atoms with Crippen molar-refractivity contribution in [2.45, 2.75) is 19.4 Å². The van der Waals surface area contributed by atoms with E-state index < -0.39 is 0 Å². The summed E-state index contributed by atoms with van der Waals surface area (Å²) in [6.45, 7) is 4.14. The molecule has 8 nitrogen and oxygen atoms in total. The lowest BCUT2D eigenvalue weighted by atomic mass is 10.0. The molecule has 0 bridgehead atoms. The lowest BCUT2D eigenvalue weighted by Gasteiger charge is -2.23. The molecule has 3 N–H and O–H groups in total. The number of benzene rings is 1. The predicted octanol–water partition coefficient (Wildman–Crippen LogP) is 3.35. The summed E-state index contributed by atoms with van der Waals surface area (Å²) < 4.78 is 31.4. The van der Waals surface area contributed by atoms with Crippen LogP contribution in [0.3, 0.4) is 0 Å². The maximum absolute atomic E-state index is 14.2. The highest BCUT2D eigenvalue weighted by Crippen LogP contribution is 2.40. The number of pyridine rings is 1. The Bertz CT molecular complexity index is 1170. The van der Waals surface area contributed by atoms with E-state index in [1.165, 1.54) is 6.07 Å². The molecule has 1 saturated heterocycles. The zero-order chi connectivity index (χ0) is 22.8. The molecule has 0 spiro atoms. The van der Waals surface area contributed by atoms with Crippen molar-refractivity contribution in [3.8, 4) is 17.0 Å². The van der Waals surface area contributed by atoms with Gasteiger partial charge >= 0.3 is 0 Å². The Morgan fingerprint density at radius 3 is 3.06 bits per heavy atom. The van der Waals surface area contributed by atoms with Crippen molar-refractivity contribution in [1.29, 1.82) is 0 Å². The molecule has 5 rings (SSSR count). The fourth-order valence-corrected chi connectivity index (χ4v) is 4.10. The number of amides is 1. The van der Waals surface area contributed by atoms with E-state index in [-0.39, 0.29) is 17.8 Å². The number of anilines is 2. The highest BCUT2D eigenvalue weighted by Gasteiger charge is 2.28. The standard InChI is InChI=1S/C24H25FN4O4/c1-14-17(25)3-2-4-18(14)28-23-21-19(6-8-27-24(21)30)29-22(23)16-5-7-26-11-20(16)33-13-15-12-31-9-10-32-15/h2-5,7,11,15,28-29H,6,8-10,12-13H2,1H3,(H,27,30)/t15-/m1/s1. The summed E-state index contributed by atoms with van der Waals surface area (Å²) in [6, 6.07) is 6.66. The summed E-state index contributed by atoms with van der Waals surface area (Å²) in [5, 5.41) is 6.19. The van der Waals surface area contributed by atoms with Crippen LogP contribution in [0.1, 0.15) is 21.6 Å². The molecule has 172 valence electrons. The molecule has 0 unspecified atom stereocenters. The normalized spacial score (nSPS) is 17.9. The van der Waals surface area contributed by atoms with Crippen LogP contribution in [0.4, 0.5) is 15.8 Å². The fraction of sp³-hybridized carbons (Fsp3) is 0.333. The molecule has 2 aliphatic heterocycles. The minimum Gasteiger partial charge on any atom is -0.488 e. The summed E-state index contributed by atoms with van der Waals surface area (Å²) >= 11 is 0. The first-order chi connectivity index (χ1) is 16.1. The van der Waals surface area contributed by atoms with Crippen LogP contribution in [-0.2, 0) is 15.9 Å². The first kappa shape index (κ1) is 21.4. The molecular formula is C24H25FN4O4. The second-order valence-corrected chi connectivity index (χ2v) is 8.02. The fourth-order valence-electron chi connectivity index (χ4n) is 4.10. The number of H-pyrrole nitrogens is 1. The van der Waals surface area contributed by atoms with Gasteiger partial charge in [-0.25, -0.2) is 4.39 Å². The van der Waals surface area contributed by atoms with E-state index in [0.29, 0.717) is 73.3 Å². The first-order valence-electron chi connectivity index (χ1n) is 10.9. The SMILES string of the molecule is Cc1c(F)cccc1Nc1c(-c2ccncc2OC[C@H]2COCCO2)[nH]c2c1C(=O)NCC2. The summed E-state index contributed by atoms with van der Waals surface area (Å²) in [6.07, 6.45) is 3.80. The van der Waals surface area contributed by atoms with Crippen molar-refractivity contribution in [3.05, 3.63) is 59.3 Å². The van der Waals surface area contributed by atoms with Crippen LogP contribution in [0, 0.1) is 12.7 Å². The number of carbonyl (C=O) groups excluding carboxylic acids is 1. The molecule has 3 aromatic rings. The van der Waals surface area contributed by atoms with Crippen molar-refractivity contribution in [2.24, 2.45) is 0 Å². The molecule has 1 atom stereocenters. The number of ether oxygens (including phenoxy) is 3. The molecule has 0 saturated carbocycles. The van der Waals surface area contributed by atoms with Gasteiger partial charge in [0.05, 0.1) is 43.0 Å². The number of halogens is 1. The van der Waals surface area contributed by atoms with Crippen molar-refractivity contribution in [3.63, 3.8) is 0 Å².